The van der Waals surface area contributed by atoms with E-state index in [0.29, 0.717) is 28.8 Å². The number of carbonyl (C=O) groups excluding carboxylic acids is 1. The topological polar surface area (TPSA) is 49.7 Å². The molecule has 0 saturated carbocycles. The van der Waals surface area contributed by atoms with Gasteiger partial charge >= 0.3 is 6.03 Å². The van der Waals surface area contributed by atoms with Crippen molar-refractivity contribution < 1.29 is 9.53 Å². The van der Waals surface area contributed by atoms with E-state index >= 15 is 0 Å². The van der Waals surface area contributed by atoms with Crippen LogP contribution in [-0.2, 0) is 18.3 Å². The molecule has 28 heavy (non-hydrogen) atoms. The molecule has 0 aliphatic carbocycles. The van der Waals surface area contributed by atoms with E-state index in [0.717, 1.165) is 45.0 Å². The Morgan fingerprint density at radius 3 is 2.71 bits per heavy atom. The number of carbonyl (C=O) groups is 1. The molecule has 1 saturated heterocycles. The molecule has 2 aromatic rings. The van der Waals surface area contributed by atoms with Gasteiger partial charge in [0.2, 0.25) is 0 Å². The van der Waals surface area contributed by atoms with Crippen LogP contribution in [0.3, 0.4) is 0 Å². The van der Waals surface area contributed by atoms with E-state index in [9.17, 15) is 4.79 Å². The highest BCUT2D eigenvalue weighted by molar-refractivity contribution is 6.43. The Bertz CT molecular complexity index is 790. The molecule has 0 atom stereocenters. The zero-order valence-electron chi connectivity index (χ0n) is 16.0. The van der Waals surface area contributed by atoms with E-state index in [2.05, 4.69) is 10.2 Å². The summed E-state index contributed by atoms with van der Waals surface area (Å²) >= 11 is 12.3. The summed E-state index contributed by atoms with van der Waals surface area (Å²) < 4.78 is 7.42. The molecule has 1 fully saturated rings. The van der Waals surface area contributed by atoms with E-state index in [1.54, 1.807) is 18.2 Å². The SMILES string of the molecule is Cn1cccc1CN(CCCN1CCOCC1)C(=O)Nc1cccc(Cl)c1Cl. The van der Waals surface area contributed by atoms with Crippen molar-refractivity contribution >= 4 is 34.9 Å². The van der Waals surface area contributed by atoms with Crippen molar-refractivity contribution in [3.8, 4) is 0 Å². The second-order valence-electron chi connectivity index (χ2n) is 6.87. The van der Waals surface area contributed by atoms with E-state index in [4.69, 9.17) is 27.9 Å². The summed E-state index contributed by atoms with van der Waals surface area (Å²) in [4.78, 5) is 17.1. The Kier molecular flexibility index (Phi) is 7.62. The third-order valence-electron chi connectivity index (χ3n) is 4.89. The molecule has 1 aliphatic rings. The number of benzene rings is 1. The van der Waals surface area contributed by atoms with Crippen LogP contribution < -0.4 is 5.32 Å². The molecule has 1 aromatic heterocycles. The molecule has 1 aliphatic heterocycles. The maximum Gasteiger partial charge on any atom is 0.322 e. The normalized spacial score (nSPS) is 14.8. The molecule has 1 aromatic carbocycles. The molecular formula is C20H26Cl2N4O2. The van der Waals surface area contributed by atoms with Crippen LogP contribution in [-0.4, -0.2) is 59.8 Å². The zero-order chi connectivity index (χ0) is 19.9. The molecule has 2 amide bonds. The van der Waals surface area contributed by atoms with Gasteiger partial charge in [0.1, 0.15) is 0 Å². The number of hydrogen-bond acceptors (Lipinski definition) is 3. The zero-order valence-corrected chi connectivity index (χ0v) is 17.5. The van der Waals surface area contributed by atoms with Crippen molar-refractivity contribution in [2.75, 3.05) is 44.7 Å². The smallest absolute Gasteiger partial charge is 0.322 e. The molecule has 152 valence electrons. The molecule has 0 radical (unpaired) electrons. The number of nitrogens with one attached hydrogen (secondary N) is 1. The number of aryl methyl sites for hydroxylation is 1. The number of aromatic nitrogens is 1. The fraction of sp³-hybridized carbons (Fsp3) is 0.450. The van der Waals surface area contributed by atoms with E-state index in [1.807, 2.05) is 34.8 Å². The lowest BCUT2D eigenvalue weighted by Gasteiger charge is -2.28. The highest BCUT2D eigenvalue weighted by Gasteiger charge is 2.18. The van der Waals surface area contributed by atoms with E-state index in [-0.39, 0.29) is 6.03 Å². The van der Waals surface area contributed by atoms with Gasteiger partial charge in [0.25, 0.3) is 0 Å². The number of urea groups is 1. The van der Waals surface area contributed by atoms with Crippen LogP contribution in [0.5, 0.6) is 0 Å². The molecule has 2 heterocycles. The first-order valence-electron chi connectivity index (χ1n) is 9.45. The van der Waals surface area contributed by atoms with E-state index in [1.165, 1.54) is 0 Å². The highest BCUT2D eigenvalue weighted by Crippen LogP contribution is 2.29. The molecule has 6 nitrogen and oxygen atoms in total. The molecule has 0 spiro atoms. The maximum absolute atomic E-state index is 13.0. The van der Waals surface area contributed by atoms with Crippen molar-refractivity contribution in [2.24, 2.45) is 7.05 Å². The van der Waals surface area contributed by atoms with Gasteiger partial charge in [-0.05, 0) is 30.7 Å². The van der Waals surface area contributed by atoms with Crippen LogP contribution in [0.15, 0.2) is 36.5 Å². The quantitative estimate of drug-likeness (QED) is 0.727. The average molecular weight is 425 g/mol. The predicted octanol–water partition coefficient (Wildman–Crippen LogP) is 4.09. The lowest BCUT2D eigenvalue weighted by atomic mass is 10.3. The van der Waals surface area contributed by atoms with Gasteiger partial charge in [0.15, 0.2) is 0 Å². The number of nitrogens with zero attached hydrogens (tertiary/aromatic N) is 3. The van der Waals surface area contributed by atoms with Crippen LogP contribution >= 0.6 is 23.2 Å². The van der Waals surface area contributed by atoms with Crippen LogP contribution in [0.2, 0.25) is 10.0 Å². The van der Waals surface area contributed by atoms with Gasteiger partial charge in [-0.15, -0.1) is 0 Å². The summed E-state index contributed by atoms with van der Waals surface area (Å²) in [5.74, 6) is 0. The van der Waals surface area contributed by atoms with Gasteiger partial charge in [-0.2, -0.15) is 0 Å². The van der Waals surface area contributed by atoms with Crippen molar-refractivity contribution in [2.45, 2.75) is 13.0 Å². The van der Waals surface area contributed by atoms with Crippen molar-refractivity contribution in [1.29, 1.82) is 0 Å². The molecule has 0 bridgehead atoms. The number of amides is 2. The number of ether oxygens (including phenoxy) is 1. The molecule has 8 heteroatoms. The summed E-state index contributed by atoms with van der Waals surface area (Å²) in [5.41, 5.74) is 1.59. The Morgan fingerprint density at radius 2 is 2.00 bits per heavy atom. The van der Waals surface area contributed by atoms with Gasteiger partial charge in [0, 0.05) is 45.1 Å². The first kappa shape index (κ1) is 21.0. The van der Waals surface area contributed by atoms with E-state index < -0.39 is 0 Å². The minimum Gasteiger partial charge on any atom is -0.379 e. The molecule has 3 rings (SSSR count). The first-order chi connectivity index (χ1) is 13.5. The lowest BCUT2D eigenvalue weighted by molar-refractivity contribution is 0.0365. The maximum atomic E-state index is 13.0. The molecule has 1 N–H and O–H groups in total. The molecular weight excluding hydrogens is 399 g/mol. The van der Waals surface area contributed by atoms with Gasteiger partial charge in [0.05, 0.1) is 35.5 Å². The van der Waals surface area contributed by atoms with Gasteiger partial charge in [-0.1, -0.05) is 29.3 Å². The third-order valence-corrected chi connectivity index (χ3v) is 5.71. The van der Waals surface area contributed by atoms with Gasteiger partial charge < -0.3 is 19.5 Å². The second-order valence-corrected chi connectivity index (χ2v) is 7.66. The Hall–Kier alpha value is -1.73. The summed E-state index contributed by atoms with van der Waals surface area (Å²) in [6.07, 6.45) is 2.87. The number of rotatable bonds is 7. The highest BCUT2D eigenvalue weighted by atomic mass is 35.5. The minimum atomic E-state index is -0.188. The largest absolute Gasteiger partial charge is 0.379 e. The molecule has 0 unspecified atom stereocenters. The summed E-state index contributed by atoms with van der Waals surface area (Å²) in [6.45, 7) is 5.56. The Labute approximate surface area is 176 Å². The summed E-state index contributed by atoms with van der Waals surface area (Å²) in [6, 6.07) is 9.03. The van der Waals surface area contributed by atoms with Gasteiger partial charge in [-0.25, -0.2) is 4.79 Å². The second kappa shape index (κ2) is 10.2. The number of morpholine rings is 1. The third kappa shape index (κ3) is 5.64. The predicted molar refractivity (Wildman–Crippen MR) is 113 cm³/mol. The van der Waals surface area contributed by atoms with Crippen LogP contribution in [0.25, 0.3) is 0 Å². The van der Waals surface area contributed by atoms with Crippen molar-refractivity contribution in [1.82, 2.24) is 14.4 Å². The number of hydrogen-bond donors (Lipinski definition) is 1. The average Bonchev–Trinajstić information content (AvgIpc) is 3.10. The van der Waals surface area contributed by atoms with Crippen LogP contribution in [0.4, 0.5) is 10.5 Å². The standard InChI is InChI=1S/C20H26Cl2N4O2/c1-24-8-3-5-16(24)15-26(10-4-9-25-11-13-28-14-12-25)20(27)23-18-7-2-6-17(21)19(18)22/h2-3,5-8H,4,9-15H2,1H3,(H,23,27). The van der Waals surface area contributed by atoms with Crippen molar-refractivity contribution in [3.63, 3.8) is 0 Å². The van der Waals surface area contributed by atoms with Crippen LogP contribution in [0, 0.1) is 0 Å². The fourth-order valence-corrected chi connectivity index (χ4v) is 3.56. The van der Waals surface area contributed by atoms with Crippen molar-refractivity contribution in [3.05, 3.63) is 52.3 Å². The number of halogens is 2. The minimum absolute atomic E-state index is 0.188. The van der Waals surface area contributed by atoms with Gasteiger partial charge in [-0.3, -0.25) is 4.90 Å². The lowest BCUT2D eigenvalue weighted by Crippen LogP contribution is -2.40. The van der Waals surface area contributed by atoms with Crippen LogP contribution in [0.1, 0.15) is 12.1 Å². The Balaban J connectivity index is 1.64. The number of anilines is 1. The summed E-state index contributed by atoms with van der Waals surface area (Å²) in [7, 11) is 1.98. The summed E-state index contributed by atoms with van der Waals surface area (Å²) in [5, 5.41) is 3.67. The Morgan fingerprint density at radius 1 is 1.21 bits per heavy atom. The monoisotopic (exact) mass is 424 g/mol. The fourth-order valence-electron chi connectivity index (χ4n) is 3.21. The first-order valence-corrected chi connectivity index (χ1v) is 10.2.